The van der Waals surface area contributed by atoms with Gasteiger partial charge in [-0.25, -0.2) is 9.79 Å². The SMILES string of the molecule is C#CCOc1c(/C=c2\sc3n(c2=O)C(c2ccccc2Cl)C(C(=O)OCC)=C(C)N=3)cc(Br)cc1OC. The highest BCUT2D eigenvalue weighted by molar-refractivity contribution is 9.10. The molecule has 190 valence electrons. The van der Waals surface area contributed by atoms with Gasteiger partial charge in [0.2, 0.25) is 0 Å². The minimum atomic E-state index is -0.805. The molecule has 0 amide bonds. The Kier molecular flexibility index (Phi) is 8.22. The van der Waals surface area contributed by atoms with Crippen molar-refractivity contribution in [2.75, 3.05) is 20.3 Å². The van der Waals surface area contributed by atoms with Crippen LogP contribution in [0.5, 0.6) is 11.5 Å². The van der Waals surface area contributed by atoms with Crippen molar-refractivity contribution < 1.29 is 19.0 Å². The third kappa shape index (κ3) is 5.23. The summed E-state index contributed by atoms with van der Waals surface area (Å²) >= 11 is 11.2. The number of nitrogens with zero attached hydrogens (tertiary/aromatic N) is 2. The Morgan fingerprint density at radius 3 is 2.78 bits per heavy atom. The molecule has 1 atom stereocenters. The number of hydrogen-bond donors (Lipinski definition) is 0. The first kappa shape index (κ1) is 26.7. The lowest BCUT2D eigenvalue weighted by Crippen LogP contribution is -2.40. The van der Waals surface area contributed by atoms with Crippen LogP contribution in [0, 0.1) is 12.3 Å². The van der Waals surface area contributed by atoms with Crippen LogP contribution in [0.4, 0.5) is 0 Å². The number of fused-ring (bicyclic) bond motifs is 1. The normalized spacial score (nSPS) is 15.0. The van der Waals surface area contributed by atoms with Gasteiger partial charge in [-0.2, -0.15) is 0 Å². The van der Waals surface area contributed by atoms with Crippen LogP contribution in [0.15, 0.2) is 61.9 Å². The molecule has 1 unspecified atom stereocenters. The second-order valence-corrected chi connectivity index (χ2v) is 10.2. The summed E-state index contributed by atoms with van der Waals surface area (Å²) in [5.41, 5.74) is 1.55. The molecular formula is C27H22BrClN2O5S. The lowest BCUT2D eigenvalue weighted by molar-refractivity contribution is -0.139. The van der Waals surface area contributed by atoms with E-state index in [4.69, 9.17) is 32.2 Å². The molecule has 0 radical (unpaired) electrons. The number of carbonyl (C=O) groups is 1. The van der Waals surface area contributed by atoms with E-state index in [-0.39, 0.29) is 24.3 Å². The number of esters is 1. The van der Waals surface area contributed by atoms with Gasteiger partial charge in [0.25, 0.3) is 5.56 Å². The van der Waals surface area contributed by atoms with Crippen LogP contribution in [0.25, 0.3) is 6.08 Å². The molecule has 0 spiro atoms. The van der Waals surface area contributed by atoms with E-state index in [9.17, 15) is 9.59 Å². The number of thiazole rings is 1. The van der Waals surface area contributed by atoms with Crippen LogP contribution in [-0.2, 0) is 9.53 Å². The van der Waals surface area contributed by atoms with Gasteiger partial charge < -0.3 is 14.2 Å². The number of rotatable bonds is 7. The zero-order chi connectivity index (χ0) is 26.7. The molecule has 0 bridgehead atoms. The van der Waals surface area contributed by atoms with Crippen LogP contribution in [-0.4, -0.2) is 30.9 Å². The zero-order valence-electron chi connectivity index (χ0n) is 20.2. The summed E-state index contributed by atoms with van der Waals surface area (Å²) in [6, 6.07) is 9.83. The maximum Gasteiger partial charge on any atom is 0.338 e. The highest BCUT2D eigenvalue weighted by Gasteiger charge is 2.34. The molecule has 37 heavy (non-hydrogen) atoms. The van der Waals surface area contributed by atoms with E-state index in [1.165, 1.54) is 23.0 Å². The van der Waals surface area contributed by atoms with E-state index in [0.717, 1.165) is 4.47 Å². The first-order valence-electron chi connectivity index (χ1n) is 11.2. The van der Waals surface area contributed by atoms with Crippen molar-refractivity contribution in [2.24, 2.45) is 4.99 Å². The second kappa shape index (κ2) is 11.4. The van der Waals surface area contributed by atoms with Crippen LogP contribution in [0.3, 0.4) is 0 Å². The molecule has 0 aliphatic carbocycles. The minimum absolute atomic E-state index is 0.0225. The van der Waals surface area contributed by atoms with Gasteiger partial charge in [0.15, 0.2) is 16.3 Å². The molecule has 1 aliphatic heterocycles. The number of carbonyl (C=O) groups excluding carboxylic acids is 1. The number of terminal acetylenes is 1. The summed E-state index contributed by atoms with van der Waals surface area (Å²) in [4.78, 5) is 31.9. The molecule has 2 aromatic carbocycles. The van der Waals surface area contributed by atoms with Gasteiger partial charge in [0.1, 0.15) is 12.6 Å². The quantitative estimate of drug-likeness (QED) is 0.299. The van der Waals surface area contributed by atoms with E-state index in [2.05, 4.69) is 26.8 Å². The van der Waals surface area contributed by atoms with Crippen LogP contribution in [0.2, 0.25) is 5.02 Å². The summed E-state index contributed by atoms with van der Waals surface area (Å²) in [6.45, 7) is 3.65. The van der Waals surface area contributed by atoms with Crippen molar-refractivity contribution in [3.05, 3.63) is 88.0 Å². The molecule has 0 saturated heterocycles. The molecule has 1 aromatic heterocycles. The van der Waals surface area contributed by atoms with Gasteiger partial charge in [0.05, 0.1) is 29.5 Å². The lowest BCUT2D eigenvalue weighted by atomic mass is 9.96. The number of aromatic nitrogens is 1. The minimum Gasteiger partial charge on any atom is -0.493 e. The van der Waals surface area contributed by atoms with E-state index in [1.807, 2.05) is 0 Å². The molecule has 0 saturated carbocycles. The van der Waals surface area contributed by atoms with Crippen molar-refractivity contribution in [1.82, 2.24) is 4.57 Å². The smallest absolute Gasteiger partial charge is 0.338 e. The molecule has 0 N–H and O–H groups in total. The van der Waals surface area contributed by atoms with Crippen LogP contribution >= 0.6 is 38.9 Å². The molecule has 4 rings (SSSR count). The Morgan fingerprint density at radius 1 is 1.35 bits per heavy atom. The fourth-order valence-electron chi connectivity index (χ4n) is 4.04. The predicted molar refractivity (Wildman–Crippen MR) is 147 cm³/mol. The molecule has 7 nitrogen and oxygen atoms in total. The van der Waals surface area contributed by atoms with Gasteiger partial charge in [-0.3, -0.25) is 9.36 Å². The molecule has 0 fully saturated rings. The van der Waals surface area contributed by atoms with Crippen molar-refractivity contribution >= 4 is 50.9 Å². The predicted octanol–water partition coefficient (Wildman–Crippen LogP) is 4.23. The average Bonchev–Trinajstić information content (AvgIpc) is 3.17. The molecule has 3 aromatic rings. The van der Waals surface area contributed by atoms with Crippen molar-refractivity contribution in [3.8, 4) is 23.8 Å². The number of methoxy groups -OCH3 is 1. The van der Waals surface area contributed by atoms with E-state index < -0.39 is 12.0 Å². The summed E-state index contributed by atoms with van der Waals surface area (Å²) in [5.74, 6) is 2.75. The third-order valence-electron chi connectivity index (χ3n) is 5.57. The topological polar surface area (TPSA) is 79.1 Å². The Labute approximate surface area is 230 Å². The highest BCUT2D eigenvalue weighted by Crippen LogP contribution is 2.36. The molecule has 10 heteroatoms. The maximum absolute atomic E-state index is 13.9. The average molecular weight is 602 g/mol. The van der Waals surface area contributed by atoms with Gasteiger partial charge in [-0.15, -0.1) is 6.42 Å². The fourth-order valence-corrected chi connectivity index (χ4v) is 5.77. The van der Waals surface area contributed by atoms with Gasteiger partial charge in [-0.1, -0.05) is 63.0 Å². The highest BCUT2D eigenvalue weighted by atomic mass is 79.9. The van der Waals surface area contributed by atoms with Gasteiger partial charge >= 0.3 is 5.97 Å². The van der Waals surface area contributed by atoms with Crippen molar-refractivity contribution in [2.45, 2.75) is 19.9 Å². The maximum atomic E-state index is 13.9. The standard InChI is InChI=1S/C27H22BrClN2O5S/c1-5-11-36-24-16(12-17(28)14-20(24)34-4)13-21-25(32)31-23(18-9-7-8-10-19(18)29)22(26(33)35-6-2)15(3)30-27(31)37-21/h1,7-10,12-14,23H,6,11H2,2-4H3/b21-13-. The van der Waals surface area contributed by atoms with Crippen LogP contribution in [0.1, 0.15) is 31.0 Å². The number of hydrogen-bond acceptors (Lipinski definition) is 7. The zero-order valence-corrected chi connectivity index (χ0v) is 23.4. The number of benzene rings is 2. The molecule has 1 aliphatic rings. The Balaban J connectivity index is 1.99. The molecule has 2 heterocycles. The summed E-state index contributed by atoms with van der Waals surface area (Å²) in [5, 5.41) is 0.417. The first-order valence-corrected chi connectivity index (χ1v) is 13.2. The summed E-state index contributed by atoms with van der Waals surface area (Å²) in [7, 11) is 1.52. The Morgan fingerprint density at radius 2 is 2.11 bits per heavy atom. The fraction of sp³-hybridized carbons (Fsp3) is 0.222. The monoisotopic (exact) mass is 600 g/mol. The summed E-state index contributed by atoms with van der Waals surface area (Å²) in [6.07, 6.45) is 7.08. The van der Waals surface area contributed by atoms with E-state index in [1.54, 1.807) is 56.3 Å². The number of ether oxygens (including phenoxy) is 3. The van der Waals surface area contributed by atoms with E-state index in [0.29, 0.717) is 42.7 Å². The number of halogens is 2. The Hall–Kier alpha value is -3.32. The van der Waals surface area contributed by atoms with Crippen molar-refractivity contribution in [3.63, 3.8) is 0 Å². The molecular weight excluding hydrogens is 580 g/mol. The first-order chi connectivity index (χ1) is 17.8. The number of allylic oxidation sites excluding steroid dienone is 1. The van der Waals surface area contributed by atoms with Crippen LogP contribution < -0.4 is 24.4 Å². The van der Waals surface area contributed by atoms with Crippen molar-refractivity contribution in [1.29, 1.82) is 0 Å². The largest absolute Gasteiger partial charge is 0.493 e. The van der Waals surface area contributed by atoms with Gasteiger partial charge in [-0.05, 0) is 43.7 Å². The summed E-state index contributed by atoms with van der Waals surface area (Å²) < 4.78 is 19.1. The Bertz CT molecular complexity index is 1630. The van der Waals surface area contributed by atoms with E-state index >= 15 is 0 Å². The second-order valence-electron chi connectivity index (χ2n) is 7.84. The van der Waals surface area contributed by atoms with Gasteiger partial charge in [0, 0.05) is 15.1 Å². The lowest BCUT2D eigenvalue weighted by Gasteiger charge is -2.25. The third-order valence-corrected chi connectivity index (χ3v) is 7.36.